The molecule has 1 atom stereocenters. The van der Waals surface area contributed by atoms with Gasteiger partial charge in [-0.05, 0) is 30.9 Å². The van der Waals surface area contributed by atoms with Crippen LogP contribution in [0.2, 0.25) is 0 Å². The van der Waals surface area contributed by atoms with Gasteiger partial charge < -0.3 is 5.73 Å². The highest BCUT2D eigenvalue weighted by Gasteiger charge is 2.24. The van der Waals surface area contributed by atoms with Crippen molar-refractivity contribution in [3.63, 3.8) is 0 Å². The molecule has 0 fully saturated rings. The summed E-state index contributed by atoms with van der Waals surface area (Å²) in [7, 11) is 0. The molecule has 0 spiro atoms. The smallest absolute Gasteiger partial charge is 0.0355 e. The Bertz CT molecular complexity index is 294. The van der Waals surface area contributed by atoms with Gasteiger partial charge in [0.25, 0.3) is 0 Å². The molecule has 1 rings (SSSR count). The van der Waals surface area contributed by atoms with Crippen LogP contribution >= 0.6 is 11.3 Å². The third kappa shape index (κ3) is 2.32. The molecule has 0 saturated carbocycles. The van der Waals surface area contributed by atoms with Crippen LogP contribution in [0.3, 0.4) is 0 Å². The Morgan fingerprint density at radius 1 is 1.31 bits per heavy atom. The van der Waals surface area contributed by atoms with Crippen LogP contribution in [-0.2, 0) is 0 Å². The molecule has 2 heteroatoms. The molecule has 1 nitrogen and oxygen atoms in total. The van der Waals surface area contributed by atoms with Crippen LogP contribution in [0.15, 0.2) is 6.07 Å². The summed E-state index contributed by atoms with van der Waals surface area (Å²) in [6.45, 7) is 10.8. The van der Waals surface area contributed by atoms with E-state index >= 15 is 0 Å². The Morgan fingerprint density at radius 2 is 1.85 bits per heavy atom. The van der Waals surface area contributed by atoms with Crippen molar-refractivity contribution in [2.24, 2.45) is 11.1 Å². The minimum Gasteiger partial charge on any atom is -0.323 e. The maximum absolute atomic E-state index is 6.19. The van der Waals surface area contributed by atoms with Crippen molar-refractivity contribution < 1.29 is 0 Å². The molecule has 0 radical (unpaired) electrons. The highest BCUT2D eigenvalue weighted by molar-refractivity contribution is 7.12. The van der Waals surface area contributed by atoms with E-state index in [2.05, 4.69) is 40.7 Å². The average Bonchev–Trinajstić information content (AvgIpc) is 2.26. The van der Waals surface area contributed by atoms with Crippen molar-refractivity contribution in [1.29, 1.82) is 0 Å². The first-order valence-corrected chi connectivity index (χ1v) is 5.46. The minimum absolute atomic E-state index is 0.150. The van der Waals surface area contributed by atoms with Crippen LogP contribution in [0, 0.1) is 19.3 Å². The van der Waals surface area contributed by atoms with Gasteiger partial charge in [-0.25, -0.2) is 0 Å². The van der Waals surface area contributed by atoms with Gasteiger partial charge in [-0.2, -0.15) is 0 Å². The second-order valence-electron chi connectivity index (χ2n) is 4.71. The second-order valence-corrected chi connectivity index (χ2v) is 6.17. The fraction of sp³-hybridized carbons (Fsp3) is 0.636. The first-order chi connectivity index (χ1) is 5.82. The first-order valence-electron chi connectivity index (χ1n) is 4.65. The molecule has 0 aliphatic carbocycles. The predicted molar refractivity (Wildman–Crippen MR) is 60.2 cm³/mol. The summed E-state index contributed by atoms with van der Waals surface area (Å²) in [6, 6.07) is 2.37. The van der Waals surface area contributed by atoms with E-state index in [1.54, 1.807) is 0 Å². The number of hydrogen-bond acceptors (Lipinski definition) is 2. The van der Waals surface area contributed by atoms with E-state index in [0.29, 0.717) is 0 Å². The fourth-order valence-corrected chi connectivity index (χ4v) is 2.40. The van der Waals surface area contributed by atoms with Gasteiger partial charge in [-0.3, -0.25) is 0 Å². The highest BCUT2D eigenvalue weighted by atomic mass is 32.1. The molecule has 0 bridgehead atoms. The lowest BCUT2D eigenvalue weighted by Gasteiger charge is -2.27. The molecule has 2 N–H and O–H groups in total. The van der Waals surface area contributed by atoms with Crippen LogP contribution in [0.4, 0.5) is 0 Å². The van der Waals surface area contributed by atoms with Gasteiger partial charge in [0.15, 0.2) is 0 Å². The van der Waals surface area contributed by atoms with E-state index in [4.69, 9.17) is 5.73 Å². The maximum Gasteiger partial charge on any atom is 0.0355 e. The van der Waals surface area contributed by atoms with Crippen molar-refractivity contribution in [2.75, 3.05) is 0 Å². The second kappa shape index (κ2) is 3.43. The van der Waals surface area contributed by atoms with E-state index in [9.17, 15) is 0 Å². The molecule has 0 aliphatic rings. The zero-order valence-electron chi connectivity index (χ0n) is 9.14. The molecule has 74 valence electrons. The van der Waals surface area contributed by atoms with Crippen molar-refractivity contribution in [3.8, 4) is 0 Å². The van der Waals surface area contributed by atoms with E-state index in [-0.39, 0.29) is 11.5 Å². The van der Waals surface area contributed by atoms with E-state index < -0.39 is 0 Å². The van der Waals surface area contributed by atoms with Gasteiger partial charge in [0.1, 0.15) is 0 Å². The summed E-state index contributed by atoms with van der Waals surface area (Å²) in [5, 5.41) is 0. The van der Waals surface area contributed by atoms with Crippen molar-refractivity contribution in [1.82, 2.24) is 0 Å². The van der Waals surface area contributed by atoms with Crippen LogP contribution in [0.1, 0.15) is 42.1 Å². The van der Waals surface area contributed by atoms with Crippen LogP contribution in [-0.4, -0.2) is 0 Å². The number of aryl methyl sites for hydroxylation is 2. The fourth-order valence-electron chi connectivity index (χ4n) is 1.43. The zero-order valence-corrected chi connectivity index (χ0v) is 9.96. The summed E-state index contributed by atoms with van der Waals surface area (Å²) < 4.78 is 0. The molecule has 0 amide bonds. The lowest BCUT2D eigenvalue weighted by molar-refractivity contribution is 0.326. The molecular formula is C11H19NS. The van der Waals surface area contributed by atoms with Crippen molar-refractivity contribution in [2.45, 2.75) is 40.7 Å². The molecule has 1 aromatic rings. The van der Waals surface area contributed by atoms with Gasteiger partial charge in [-0.15, -0.1) is 11.3 Å². The lowest BCUT2D eigenvalue weighted by atomic mass is 9.83. The zero-order chi connectivity index (χ0) is 10.2. The largest absolute Gasteiger partial charge is 0.323 e. The van der Waals surface area contributed by atoms with Crippen molar-refractivity contribution >= 4 is 11.3 Å². The van der Waals surface area contributed by atoms with Gasteiger partial charge in [0, 0.05) is 15.8 Å². The summed E-state index contributed by atoms with van der Waals surface area (Å²) in [5.74, 6) is 0. The van der Waals surface area contributed by atoms with Crippen molar-refractivity contribution in [3.05, 3.63) is 21.4 Å². The molecule has 1 aromatic heterocycles. The van der Waals surface area contributed by atoms with Gasteiger partial charge in [-0.1, -0.05) is 20.8 Å². The Hall–Kier alpha value is -0.340. The van der Waals surface area contributed by atoms with E-state index in [1.165, 1.54) is 15.3 Å². The summed E-state index contributed by atoms with van der Waals surface area (Å²) >= 11 is 1.83. The van der Waals surface area contributed by atoms with Gasteiger partial charge in [0.05, 0.1) is 0 Å². The predicted octanol–water partition coefficient (Wildman–Crippen LogP) is 3.41. The monoisotopic (exact) mass is 197 g/mol. The highest BCUT2D eigenvalue weighted by Crippen LogP contribution is 2.35. The maximum atomic E-state index is 6.19. The topological polar surface area (TPSA) is 26.0 Å². The number of nitrogens with two attached hydrogens (primary N) is 1. The number of rotatable bonds is 1. The SMILES string of the molecule is Cc1cc(C(N)C(C)(C)C)c(C)s1. The van der Waals surface area contributed by atoms with Gasteiger partial charge >= 0.3 is 0 Å². The third-order valence-electron chi connectivity index (χ3n) is 2.35. The summed E-state index contributed by atoms with van der Waals surface area (Å²) in [5.41, 5.74) is 7.66. The molecule has 0 aliphatic heterocycles. The molecule has 13 heavy (non-hydrogen) atoms. The van der Waals surface area contributed by atoms with E-state index in [0.717, 1.165) is 0 Å². The van der Waals surface area contributed by atoms with Crippen LogP contribution < -0.4 is 5.73 Å². The standard InChI is InChI=1S/C11H19NS/c1-7-6-9(8(2)13-7)10(12)11(3,4)5/h6,10H,12H2,1-5H3. The number of hydrogen-bond donors (Lipinski definition) is 1. The molecule has 0 aromatic carbocycles. The van der Waals surface area contributed by atoms with Crippen LogP contribution in [0.25, 0.3) is 0 Å². The Kier molecular flexibility index (Phi) is 2.83. The number of thiophene rings is 1. The van der Waals surface area contributed by atoms with Gasteiger partial charge in [0.2, 0.25) is 0 Å². The molecule has 0 saturated heterocycles. The lowest BCUT2D eigenvalue weighted by Crippen LogP contribution is -2.26. The van der Waals surface area contributed by atoms with E-state index in [1.807, 2.05) is 11.3 Å². The third-order valence-corrected chi connectivity index (χ3v) is 3.33. The first kappa shape index (κ1) is 10.7. The molecular weight excluding hydrogens is 178 g/mol. The molecule has 1 heterocycles. The molecule has 1 unspecified atom stereocenters. The normalized spacial score (nSPS) is 14.6. The minimum atomic E-state index is 0.150. The van der Waals surface area contributed by atoms with Crippen LogP contribution in [0.5, 0.6) is 0 Å². The average molecular weight is 197 g/mol. The Labute approximate surface area is 85.0 Å². The quantitative estimate of drug-likeness (QED) is 0.733. The Morgan fingerprint density at radius 3 is 2.15 bits per heavy atom. The summed E-state index contributed by atoms with van der Waals surface area (Å²) in [6.07, 6.45) is 0. The summed E-state index contributed by atoms with van der Waals surface area (Å²) in [4.78, 5) is 2.71. The Balaban J connectivity index is 3.01.